The lowest BCUT2D eigenvalue weighted by Crippen LogP contribution is -2.14. The molecule has 0 amide bonds. The minimum Gasteiger partial charge on any atom is -0.457 e. The average molecular weight is 364 g/mol. The van der Waals surface area contributed by atoms with Gasteiger partial charge < -0.3 is 9.47 Å². The highest BCUT2D eigenvalue weighted by Crippen LogP contribution is 2.17. The number of benzene rings is 2. The number of aryl methyl sites for hydroxylation is 1. The molecule has 6 nitrogen and oxygen atoms in total. The van der Waals surface area contributed by atoms with Gasteiger partial charge >= 0.3 is 11.9 Å². The summed E-state index contributed by atoms with van der Waals surface area (Å²) in [6.07, 6.45) is 0. The zero-order valence-corrected chi connectivity index (χ0v) is 15.2. The fourth-order valence-corrected chi connectivity index (χ4v) is 2.58. The summed E-state index contributed by atoms with van der Waals surface area (Å²) in [5, 5.41) is 4.14. The van der Waals surface area contributed by atoms with Crippen LogP contribution in [-0.4, -0.2) is 21.7 Å². The molecule has 0 aliphatic rings. The number of nitrogens with zero attached hydrogens (tertiary/aromatic N) is 2. The summed E-state index contributed by atoms with van der Waals surface area (Å²) in [4.78, 5) is 25.0. The molecule has 0 aliphatic carbocycles. The fraction of sp³-hybridized carbons (Fsp3) is 0.190. The van der Waals surface area contributed by atoms with Crippen LogP contribution in [0.4, 0.5) is 0 Å². The molecule has 3 aromatic rings. The third kappa shape index (κ3) is 4.41. The van der Waals surface area contributed by atoms with Gasteiger partial charge in [-0.3, -0.25) is 4.68 Å². The predicted octanol–water partition coefficient (Wildman–Crippen LogP) is 3.44. The number of hydrogen-bond acceptors (Lipinski definition) is 5. The van der Waals surface area contributed by atoms with Gasteiger partial charge in [-0.25, -0.2) is 9.59 Å². The van der Waals surface area contributed by atoms with Crippen LogP contribution in [0.3, 0.4) is 0 Å². The summed E-state index contributed by atoms with van der Waals surface area (Å²) in [7, 11) is 1.66. The minimum atomic E-state index is -0.658. The van der Waals surface area contributed by atoms with Gasteiger partial charge in [0.1, 0.15) is 18.8 Å². The van der Waals surface area contributed by atoms with E-state index in [1.807, 2.05) is 60.7 Å². The molecule has 0 saturated heterocycles. The Bertz CT molecular complexity index is 934. The van der Waals surface area contributed by atoms with E-state index in [2.05, 4.69) is 5.10 Å². The molecule has 1 heterocycles. The molecule has 1 aromatic heterocycles. The summed E-state index contributed by atoms with van der Waals surface area (Å²) in [6.45, 7) is 1.93. The van der Waals surface area contributed by atoms with Gasteiger partial charge in [-0.2, -0.15) is 5.10 Å². The quantitative estimate of drug-likeness (QED) is 0.627. The van der Waals surface area contributed by atoms with Gasteiger partial charge in [0.05, 0.1) is 5.69 Å². The van der Waals surface area contributed by atoms with Gasteiger partial charge in [0.2, 0.25) is 0 Å². The van der Waals surface area contributed by atoms with E-state index in [4.69, 9.17) is 9.47 Å². The van der Waals surface area contributed by atoms with E-state index in [1.165, 1.54) is 4.68 Å². The predicted molar refractivity (Wildman–Crippen MR) is 99.1 cm³/mol. The maximum atomic E-state index is 12.6. The van der Waals surface area contributed by atoms with Gasteiger partial charge in [-0.05, 0) is 18.1 Å². The van der Waals surface area contributed by atoms with Crippen molar-refractivity contribution in [3.8, 4) is 0 Å². The second-order valence-electron chi connectivity index (χ2n) is 6.06. The maximum absolute atomic E-state index is 12.6. The Labute approximate surface area is 157 Å². The zero-order valence-electron chi connectivity index (χ0n) is 15.2. The molecule has 138 valence electrons. The van der Waals surface area contributed by atoms with E-state index < -0.39 is 11.9 Å². The standard InChI is InChI=1S/C21H20N2O4/c1-15-18(20(24)26-13-16-9-5-3-6-10-16)19(22-23(15)2)21(25)27-14-17-11-7-4-8-12-17/h3-12H,13-14H2,1-2H3. The fourth-order valence-electron chi connectivity index (χ4n) is 2.58. The first-order chi connectivity index (χ1) is 13.1. The lowest BCUT2D eigenvalue weighted by Gasteiger charge is -2.07. The highest BCUT2D eigenvalue weighted by molar-refractivity contribution is 6.02. The monoisotopic (exact) mass is 364 g/mol. The van der Waals surface area contributed by atoms with Crippen molar-refractivity contribution < 1.29 is 19.1 Å². The number of ether oxygens (including phenoxy) is 2. The van der Waals surface area contributed by atoms with Crippen LogP contribution in [0.25, 0.3) is 0 Å². The van der Waals surface area contributed by atoms with Gasteiger partial charge in [-0.15, -0.1) is 0 Å². The Hall–Kier alpha value is -3.41. The summed E-state index contributed by atoms with van der Waals surface area (Å²) in [5.74, 6) is -1.26. The van der Waals surface area contributed by atoms with Gasteiger partial charge in [0.15, 0.2) is 5.69 Å². The van der Waals surface area contributed by atoms with Gasteiger partial charge in [0, 0.05) is 7.05 Å². The zero-order chi connectivity index (χ0) is 19.2. The van der Waals surface area contributed by atoms with E-state index in [0.717, 1.165) is 11.1 Å². The summed E-state index contributed by atoms with van der Waals surface area (Å²) >= 11 is 0. The van der Waals surface area contributed by atoms with Crippen molar-refractivity contribution in [3.63, 3.8) is 0 Å². The molecular formula is C21H20N2O4. The molecule has 0 N–H and O–H groups in total. The van der Waals surface area contributed by atoms with Crippen molar-refractivity contribution in [1.29, 1.82) is 0 Å². The maximum Gasteiger partial charge on any atom is 0.360 e. The summed E-state index contributed by atoms with van der Waals surface area (Å²) < 4.78 is 12.1. The molecule has 0 fully saturated rings. The molecule has 0 atom stereocenters. The highest BCUT2D eigenvalue weighted by Gasteiger charge is 2.27. The van der Waals surface area contributed by atoms with E-state index in [1.54, 1.807) is 14.0 Å². The van der Waals surface area contributed by atoms with Crippen LogP contribution < -0.4 is 0 Å². The molecule has 0 radical (unpaired) electrons. The third-order valence-corrected chi connectivity index (χ3v) is 4.16. The SMILES string of the molecule is Cc1c(C(=O)OCc2ccccc2)c(C(=O)OCc2ccccc2)nn1C. The van der Waals surface area contributed by atoms with Crippen LogP contribution in [0.15, 0.2) is 60.7 Å². The first-order valence-electron chi connectivity index (χ1n) is 8.52. The summed E-state index contributed by atoms with van der Waals surface area (Å²) in [6, 6.07) is 18.6. The first kappa shape index (κ1) is 18.4. The molecule has 0 unspecified atom stereocenters. The van der Waals surface area contributed by atoms with E-state index in [9.17, 15) is 9.59 Å². The van der Waals surface area contributed by atoms with Crippen LogP contribution in [0.2, 0.25) is 0 Å². The minimum absolute atomic E-state index is 0.0380. The largest absolute Gasteiger partial charge is 0.457 e. The van der Waals surface area contributed by atoms with Crippen LogP contribution in [-0.2, 0) is 29.7 Å². The van der Waals surface area contributed by atoms with Crippen LogP contribution in [0.5, 0.6) is 0 Å². The Morgan fingerprint density at radius 1 is 0.852 bits per heavy atom. The van der Waals surface area contributed by atoms with Crippen molar-refractivity contribution in [3.05, 3.63) is 88.7 Å². The van der Waals surface area contributed by atoms with Crippen molar-refractivity contribution in [1.82, 2.24) is 9.78 Å². The third-order valence-electron chi connectivity index (χ3n) is 4.16. The average Bonchev–Trinajstić information content (AvgIpc) is 3.00. The number of carbonyl (C=O) groups is 2. The van der Waals surface area contributed by atoms with E-state index in [0.29, 0.717) is 5.69 Å². The molecule has 0 bridgehead atoms. The topological polar surface area (TPSA) is 70.4 Å². The molecule has 0 spiro atoms. The van der Waals surface area contributed by atoms with E-state index in [-0.39, 0.29) is 24.5 Å². The van der Waals surface area contributed by atoms with Gasteiger partial charge in [0.25, 0.3) is 0 Å². The Kier molecular flexibility index (Phi) is 5.66. The van der Waals surface area contributed by atoms with Crippen molar-refractivity contribution >= 4 is 11.9 Å². The smallest absolute Gasteiger partial charge is 0.360 e. The molecule has 0 aliphatic heterocycles. The lowest BCUT2D eigenvalue weighted by molar-refractivity contribution is 0.0421. The Morgan fingerprint density at radius 2 is 1.33 bits per heavy atom. The molecule has 27 heavy (non-hydrogen) atoms. The lowest BCUT2D eigenvalue weighted by atomic mass is 10.2. The van der Waals surface area contributed by atoms with Crippen molar-refractivity contribution in [2.45, 2.75) is 20.1 Å². The number of esters is 2. The normalized spacial score (nSPS) is 10.4. The van der Waals surface area contributed by atoms with Crippen molar-refractivity contribution in [2.24, 2.45) is 7.05 Å². The molecular weight excluding hydrogens is 344 g/mol. The van der Waals surface area contributed by atoms with E-state index >= 15 is 0 Å². The van der Waals surface area contributed by atoms with Crippen LogP contribution in [0.1, 0.15) is 37.7 Å². The highest BCUT2D eigenvalue weighted by atomic mass is 16.5. The molecule has 0 saturated carbocycles. The van der Waals surface area contributed by atoms with Crippen molar-refractivity contribution in [2.75, 3.05) is 0 Å². The number of carbonyl (C=O) groups excluding carboxylic acids is 2. The Balaban J connectivity index is 1.73. The molecule has 3 rings (SSSR count). The second-order valence-corrected chi connectivity index (χ2v) is 6.06. The Morgan fingerprint density at radius 3 is 1.85 bits per heavy atom. The first-order valence-corrected chi connectivity index (χ1v) is 8.52. The van der Waals surface area contributed by atoms with Crippen LogP contribution >= 0.6 is 0 Å². The van der Waals surface area contributed by atoms with Crippen LogP contribution in [0, 0.1) is 6.92 Å². The molecule has 6 heteroatoms. The number of hydrogen-bond donors (Lipinski definition) is 0. The number of aromatic nitrogens is 2. The number of rotatable bonds is 6. The second kappa shape index (κ2) is 8.31. The molecule has 2 aromatic carbocycles. The van der Waals surface area contributed by atoms with Gasteiger partial charge in [-0.1, -0.05) is 60.7 Å². The summed E-state index contributed by atoms with van der Waals surface area (Å²) in [5.41, 5.74) is 2.35.